The molecule has 24 heavy (non-hydrogen) atoms. The molecule has 1 atom stereocenters. The van der Waals surface area contributed by atoms with Crippen molar-refractivity contribution in [2.45, 2.75) is 11.3 Å². The molecule has 2 aromatic carbocycles. The number of nitrogens with one attached hydrogen (secondary N) is 1. The van der Waals surface area contributed by atoms with Crippen LogP contribution in [0.4, 0.5) is 5.69 Å². The molecule has 2 amide bonds. The molecule has 3 rings (SSSR count). The van der Waals surface area contributed by atoms with Crippen molar-refractivity contribution in [3.8, 4) is 0 Å². The van der Waals surface area contributed by atoms with Crippen LogP contribution in [0.2, 0.25) is 0 Å². The summed E-state index contributed by atoms with van der Waals surface area (Å²) in [4.78, 5) is 27.3. The van der Waals surface area contributed by atoms with Crippen LogP contribution in [0.1, 0.15) is 6.42 Å². The van der Waals surface area contributed by atoms with Crippen LogP contribution in [0.25, 0.3) is 0 Å². The zero-order valence-corrected chi connectivity index (χ0v) is 14.2. The van der Waals surface area contributed by atoms with Gasteiger partial charge in [0, 0.05) is 35.8 Å². The second-order valence-electron chi connectivity index (χ2n) is 5.69. The Kier molecular flexibility index (Phi) is 5.54. The van der Waals surface area contributed by atoms with Crippen LogP contribution in [0.5, 0.6) is 0 Å². The largest absolute Gasteiger partial charge is 0.355 e. The maximum atomic E-state index is 12.3. The Morgan fingerprint density at radius 2 is 1.75 bits per heavy atom. The van der Waals surface area contributed by atoms with E-state index in [9.17, 15) is 9.59 Å². The standard InChI is InChI=1S/C19H20N2O2S/c22-18-13-15(14-21(18)16-7-3-1-4-8-16)19(23)20-11-12-24-17-9-5-2-6-10-17/h1-10,15H,11-14H2,(H,20,23). The van der Waals surface area contributed by atoms with Crippen molar-refractivity contribution < 1.29 is 9.59 Å². The van der Waals surface area contributed by atoms with E-state index in [0.29, 0.717) is 13.1 Å². The second-order valence-corrected chi connectivity index (χ2v) is 6.86. The van der Waals surface area contributed by atoms with Gasteiger partial charge in [-0.3, -0.25) is 9.59 Å². The molecule has 0 aliphatic carbocycles. The van der Waals surface area contributed by atoms with Crippen LogP contribution in [0, 0.1) is 5.92 Å². The molecule has 1 heterocycles. The van der Waals surface area contributed by atoms with Gasteiger partial charge in [0.2, 0.25) is 11.8 Å². The maximum Gasteiger partial charge on any atom is 0.227 e. The minimum atomic E-state index is -0.264. The maximum absolute atomic E-state index is 12.3. The molecule has 4 nitrogen and oxygen atoms in total. The van der Waals surface area contributed by atoms with Gasteiger partial charge in [0.05, 0.1) is 5.92 Å². The number of thioether (sulfide) groups is 1. The molecular weight excluding hydrogens is 320 g/mol. The highest BCUT2D eigenvalue weighted by molar-refractivity contribution is 7.99. The smallest absolute Gasteiger partial charge is 0.227 e. The van der Waals surface area contributed by atoms with Gasteiger partial charge in [-0.25, -0.2) is 0 Å². The summed E-state index contributed by atoms with van der Waals surface area (Å²) < 4.78 is 0. The van der Waals surface area contributed by atoms with Gasteiger partial charge >= 0.3 is 0 Å². The molecule has 1 aliphatic heterocycles. The molecule has 1 unspecified atom stereocenters. The van der Waals surface area contributed by atoms with Crippen molar-refractivity contribution in [1.29, 1.82) is 0 Å². The molecule has 1 aliphatic rings. The number of nitrogens with zero attached hydrogens (tertiary/aromatic N) is 1. The fourth-order valence-corrected chi connectivity index (χ4v) is 3.53. The Morgan fingerprint density at radius 1 is 1.08 bits per heavy atom. The summed E-state index contributed by atoms with van der Waals surface area (Å²) in [6.45, 7) is 1.06. The third-order valence-electron chi connectivity index (χ3n) is 3.98. The number of anilines is 1. The summed E-state index contributed by atoms with van der Waals surface area (Å²) in [6, 6.07) is 19.6. The summed E-state index contributed by atoms with van der Waals surface area (Å²) in [5, 5.41) is 2.95. The molecule has 0 saturated carbocycles. The van der Waals surface area contributed by atoms with E-state index in [-0.39, 0.29) is 24.2 Å². The summed E-state index contributed by atoms with van der Waals surface area (Å²) in [7, 11) is 0. The molecule has 2 aromatic rings. The molecule has 1 saturated heterocycles. The average molecular weight is 340 g/mol. The van der Waals surface area contributed by atoms with Crippen LogP contribution < -0.4 is 10.2 Å². The first kappa shape index (κ1) is 16.6. The molecular formula is C19H20N2O2S. The van der Waals surface area contributed by atoms with Gasteiger partial charge < -0.3 is 10.2 Å². The number of hydrogen-bond donors (Lipinski definition) is 1. The van der Waals surface area contributed by atoms with E-state index in [1.807, 2.05) is 48.5 Å². The molecule has 124 valence electrons. The van der Waals surface area contributed by atoms with E-state index in [1.165, 1.54) is 4.90 Å². The third-order valence-corrected chi connectivity index (χ3v) is 4.99. The number of benzene rings is 2. The minimum Gasteiger partial charge on any atom is -0.355 e. The van der Waals surface area contributed by atoms with E-state index < -0.39 is 0 Å². The summed E-state index contributed by atoms with van der Waals surface area (Å²) >= 11 is 1.71. The Morgan fingerprint density at radius 3 is 2.46 bits per heavy atom. The number of rotatable bonds is 6. The van der Waals surface area contributed by atoms with Gasteiger partial charge in [0.1, 0.15) is 0 Å². The first-order valence-corrected chi connectivity index (χ1v) is 9.03. The number of amides is 2. The minimum absolute atomic E-state index is 0.0139. The normalized spacial score (nSPS) is 17.1. The van der Waals surface area contributed by atoms with Gasteiger partial charge in [0.25, 0.3) is 0 Å². The van der Waals surface area contributed by atoms with Crippen LogP contribution in [0.3, 0.4) is 0 Å². The lowest BCUT2D eigenvalue weighted by molar-refractivity contribution is -0.126. The molecule has 1 fully saturated rings. The molecule has 1 N–H and O–H groups in total. The fourth-order valence-electron chi connectivity index (χ4n) is 2.74. The number of carbonyl (C=O) groups is 2. The van der Waals surface area contributed by atoms with E-state index in [2.05, 4.69) is 17.4 Å². The van der Waals surface area contributed by atoms with Crippen LogP contribution in [-0.4, -0.2) is 30.7 Å². The Bertz CT molecular complexity index is 691. The van der Waals surface area contributed by atoms with Crippen LogP contribution >= 0.6 is 11.8 Å². The van der Waals surface area contributed by atoms with E-state index >= 15 is 0 Å². The first-order valence-electron chi connectivity index (χ1n) is 8.05. The molecule has 0 radical (unpaired) electrons. The van der Waals surface area contributed by atoms with Gasteiger partial charge in [-0.2, -0.15) is 0 Å². The molecule has 0 bridgehead atoms. The number of hydrogen-bond acceptors (Lipinski definition) is 3. The highest BCUT2D eigenvalue weighted by atomic mass is 32.2. The van der Waals surface area contributed by atoms with Crippen molar-refractivity contribution in [3.63, 3.8) is 0 Å². The number of para-hydroxylation sites is 1. The van der Waals surface area contributed by atoms with Crippen molar-refractivity contribution in [3.05, 3.63) is 60.7 Å². The van der Waals surface area contributed by atoms with Gasteiger partial charge in [-0.05, 0) is 24.3 Å². The summed E-state index contributed by atoms with van der Waals surface area (Å²) in [5.74, 6) is 0.536. The van der Waals surface area contributed by atoms with E-state index in [4.69, 9.17) is 0 Å². The van der Waals surface area contributed by atoms with Crippen molar-refractivity contribution >= 4 is 29.3 Å². The van der Waals surface area contributed by atoms with Crippen molar-refractivity contribution in [1.82, 2.24) is 5.32 Å². The van der Waals surface area contributed by atoms with Crippen LogP contribution in [-0.2, 0) is 9.59 Å². The van der Waals surface area contributed by atoms with Gasteiger partial charge in [-0.15, -0.1) is 11.8 Å². The fraction of sp³-hybridized carbons (Fsp3) is 0.263. The zero-order chi connectivity index (χ0) is 16.8. The molecule has 5 heteroatoms. The third kappa shape index (κ3) is 4.17. The highest BCUT2D eigenvalue weighted by Crippen LogP contribution is 2.24. The van der Waals surface area contributed by atoms with Crippen molar-refractivity contribution in [2.24, 2.45) is 5.92 Å². The number of carbonyl (C=O) groups excluding carboxylic acids is 2. The molecule has 0 aromatic heterocycles. The first-order chi connectivity index (χ1) is 11.7. The van der Waals surface area contributed by atoms with E-state index in [0.717, 1.165) is 11.4 Å². The lowest BCUT2D eigenvalue weighted by Gasteiger charge is -2.16. The topological polar surface area (TPSA) is 49.4 Å². The Hall–Kier alpha value is -2.27. The average Bonchev–Trinajstić information content (AvgIpc) is 3.02. The quantitative estimate of drug-likeness (QED) is 0.650. The Labute approximate surface area is 146 Å². The highest BCUT2D eigenvalue weighted by Gasteiger charge is 2.34. The van der Waals surface area contributed by atoms with Gasteiger partial charge in [0.15, 0.2) is 0 Å². The van der Waals surface area contributed by atoms with E-state index in [1.54, 1.807) is 16.7 Å². The van der Waals surface area contributed by atoms with Gasteiger partial charge in [-0.1, -0.05) is 36.4 Å². The zero-order valence-electron chi connectivity index (χ0n) is 13.4. The SMILES string of the molecule is O=C(NCCSc1ccccc1)C1CC(=O)N(c2ccccc2)C1. The lowest BCUT2D eigenvalue weighted by atomic mass is 10.1. The molecule has 0 spiro atoms. The van der Waals surface area contributed by atoms with Crippen LogP contribution in [0.15, 0.2) is 65.6 Å². The second kappa shape index (κ2) is 8.02. The Balaban J connectivity index is 1.45. The van der Waals surface area contributed by atoms with Crippen molar-refractivity contribution in [2.75, 3.05) is 23.7 Å². The summed E-state index contributed by atoms with van der Waals surface area (Å²) in [6.07, 6.45) is 0.284. The lowest BCUT2D eigenvalue weighted by Crippen LogP contribution is -2.34. The predicted molar refractivity (Wildman–Crippen MR) is 97.1 cm³/mol. The monoisotopic (exact) mass is 340 g/mol. The summed E-state index contributed by atoms with van der Waals surface area (Å²) in [5.41, 5.74) is 0.859. The predicted octanol–water partition coefficient (Wildman–Crippen LogP) is 2.95.